The number of hydrogen-bond donors (Lipinski definition) is 1. The van der Waals surface area contributed by atoms with Gasteiger partial charge in [0.05, 0.1) is 0 Å². The summed E-state index contributed by atoms with van der Waals surface area (Å²) in [4.78, 5) is 16.1. The number of imidazole rings is 1. The third-order valence-electron chi connectivity index (χ3n) is 4.14. The van der Waals surface area contributed by atoms with Crippen molar-refractivity contribution >= 4 is 22.9 Å². The van der Waals surface area contributed by atoms with Crippen molar-refractivity contribution in [2.45, 2.75) is 19.9 Å². The minimum atomic E-state index is -0.0645. The molecule has 1 N–H and O–H groups in total. The third kappa shape index (κ3) is 3.56. The molecular formula is C19H22N4O. The zero-order valence-electron chi connectivity index (χ0n) is 14.1. The lowest BCUT2D eigenvalue weighted by molar-refractivity contribution is -0.116. The van der Waals surface area contributed by atoms with Gasteiger partial charge in [-0.05, 0) is 25.5 Å². The van der Waals surface area contributed by atoms with Gasteiger partial charge in [0, 0.05) is 61.3 Å². The summed E-state index contributed by atoms with van der Waals surface area (Å²) in [6.45, 7) is 3.49. The summed E-state index contributed by atoms with van der Waals surface area (Å²) in [5, 5.41) is 4.08. The Morgan fingerprint density at radius 3 is 2.96 bits per heavy atom. The first-order valence-corrected chi connectivity index (χ1v) is 8.13. The lowest BCUT2D eigenvalue weighted by Gasteiger charge is -2.05. The molecule has 0 aliphatic carbocycles. The van der Waals surface area contributed by atoms with Crippen molar-refractivity contribution in [3.05, 3.63) is 60.3 Å². The fraction of sp³-hybridized carbons (Fsp3) is 0.263. The average molecular weight is 322 g/mol. The van der Waals surface area contributed by atoms with Crippen LogP contribution in [0.25, 0.3) is 17.0 Å². The SMILES string of the molecule is Cc1nccn1CCCNC(=O)C=Cc1cn(C)c2ccccc12. The number of aromatic nitrogens is 3. The summed E-state index contributed by atoms with van der Waals surface area (Å²) in [7, 11) is 2.01. The van der Waals surface area contributed by atoms with Crippen molar-refractivity contribution in [1.82, 2.24) is 19.4 Å². The Hall–Kier alpha value is -2.82. The second-order valence-corrected chi connectivity index (χ2v) is 5.86. The standard InChI is InChI=1S/C19H22N4O/c1-15-20-11-13-23(15)12-5-10-21-19(24)9-8-16-14-22(2)18-7-4-3-6-17(16)18/h3-4,6-9,11,13-14H,5,10,12H2,1-2H3,(H,21,24). The molecule has 1 aromatic carbocycles. The van der Waals surface area contributed by atoms with Gasteiger partial charge in [-0.3, -0.25) is 4.79 Å². The summed E-state index contributed by atoms with van der Waals surface area (Å²) in [5.74, 6) is 0.933. The smallest absolute Gasteiger partial charge is 0.244 e. The largest absolute Gasteiger partial charge is 0.352 e. The van der Waals surface area contributed by atoms with Crippen molar-refractivity contribution < 1.29 is 4.79 Å². The molecule has 0 unspecified atom stereocenters. The normalized spacial score (nSPS) is 11.4. The molecule has 5 nitrogen and oxygen atoms in total. The van der Waals surface area contributed by atoms with E-state index in [0.29, 0.717) is 6.54 Å². The summed E-state index contributed by atoms with van der Waals surface area (Å²) in [5.41, 5.74) is 2.21. The first kappa shape index (κ1) is 16.1. The molecule has 0 atom stereocenters. The molecular weight excluding hydrogens is 300 g/mol. The Morgan fingerprint density at radius 2 is 2.17 bits per heavy atom. The van der Waals surface area contributed by atoms with Crippen molar-refractivity contribution in [2.75, 3.05) is 6.54 Å². The van der Waals surface area contributed by atoms with Gasteiger partial charge in [-0.1, -0.05) is 18.2 Å². The highest BCUT2D eigenvalue weighted by Crippen LogP contribution is 2.21. The highest BCUT2D eigenvalue weighted by atomic mass is 16.1. The van der Waals surface area contributed by atoms with Crippen LogP contribution in [0, 0.1) is 6.92 Å². The number of nitrogens with zero attached hydrogens (tertiary/aromatic N) is 3. The maximum atomic E-state index is 12.0. The summed E-state index contributed by atoms with van der Waals surface area (Å²) >= 11 is 0. The Kier molecular flexibility index (Phi) is 4.79. The van der Waals surface area contributed by atoms with Gasteiger partial charge in [0.2, 0.25) is 5.91 Å². The number of para-hydroxylation sites is 1. The highest BCUT2D eigenvalue weighted by molar-refractivity contribution is 5.96. The molecule has 3 rings (SSSR count). The average Bonchev–Trinajstić information content (AvgIpc) is 3.14. The number of aryl methyl sites for hydroxylation is 3. The summed E-state index contributed by atoms with van der Waals surface area (Å²) in [6.07, 6.45) is 10.1. The maximum absolute atomic E-state index is 12.0. The van der Waals surface area contributed by atoms with E-state index in [1.807, 2.05) is 44.6 Å². The molecule has 0 radical (unpaired) electrons. The van der Waals surface area contributed by atoms with Gasteiger partial charge in [-0.2, -0.15) is 0 Å². The van der Waals surface area contributed by atoms with Gasteiger partial charge in [0.1, 0.15) is 5.82 Å². The Bertz CT molecular complexity index is 873. The molecule has 2 aromatic heterocycles. The van der Waals surface area contributed by atoms with Crippen molar-refractivity contribution in [2.24, 2.45) is 7.05 Å². The lowest BCUT2D eigenvalue weighted by Crippen LogP contribution is -2.23. The highest BCUT2D eigenvalue weighted by Gasteiger charge is 2.03. The Morgan fingerprint density at radius 1 is 1.33 bits per heavy atom. The molecule has 0 spiro atoms. The van der Waals surface area contributed by atoms with Crippen molar-refractivity contribution in [3.63, 3.8) is 0 Å². The van der Waals surface area contributed by atoms with E-state index in [0.717, 1.165) is 35.3 Å². The van der Waals surface area contributed by atoms with Gasteiger partial charge in [0.15, 0.2) is 0 Å². The van der Waals surface area contributed by atoms with Crippen LogP contribution < -0.4 is 5.32 Å². The molecule has 124 valence electrons. The van der Waals surface area contributed by atoms with E-state index in [9.17, 15) is 4.79 Å². The lowest BCUT2D eigenvalue weighted by atomic mass is 10.1. The number of nitrogens with one attached hydrogen (secondary N) is 1. The molecule has 0 aliphatic heterocycles. The van der Waals surface area contributed by atoms with Crippen molar-refractivity contribution in [1.29, 1.82) is 0 Å². The molecule has 0 aliphatic rings. The van der Waals surface area contributed by atoms with Crippen LogP contribution in [0.5, 0.6) is 0 Å². The number of carbonyl (C=O) groups is 1. The van der Waals surface area contributed by atoms with Crippen molar-refractivity contribution in [3.8, 4) is 0 Å². The van der Waals surface area contributed by atoms with E-state index < -0.39 is 0 Å². The van der Waals surface area contributed by atoms with Gasteiger partial charge in [-0.15, -0.1) is 0 Å². The van der Waals surface area contributed by atoms with Crippen LogP contribution in [0.15, 0.2) is 48.9 Å². The quantitative estimate of drug-likeness (QED) is 0.560. The van der Waals surface area contributed by atoms with E-state index in [1.54, 1.807) is 12.3 Å². The van der Waals surface area contributed by atoms with Gasteiger partial charge < -0.3 is 14.5 Å². The van der Waals surface area contributed by atoms with Gasteiger partial charge in [0.25, 0.3) is 0 Å². The molecule has 5 heteroatoms. The first-order valence-electron chi connectivity index (χ1n) is 8.13. The number of fused-ring (bicyclic) bond motifs is 1. The predicted octanol–water partition coefficient (Wildman–Crippen LogP) is 2.90. The summed E-state index contributed by atoms with van der Waals surface area (Å²) < 4.78 is 4.15. The first-order chi connectivity index (χ1) is 11.6. The molecule has 0 bridgehead atoms. The molecule has 24 heavy (non-hydrogen) atoms. The number of hydrogen-bond acceptors (Lipinski definition) is 2. The zero-order valence-corrected chi connectivity index (χ0v) is 14.1. The third-order valence-corrected chi connectivity index (χ3v) is 4.14. The van der Waals surface area contributed by atoms with E-state index in [4.69, 9.17) is 0 Å². The van der Waals surface area contributed by atoms with Crippen LogP contribution in [0.2, 0.25) is 0 Å². The number of carbonyl (C=O) groups excluding carboxylic acids is 1. The minimum absolute atomic E-state index is 0.0645. The number of amides is 1. The predicted molar refractivity (Wildman–Crippen MR) is 96.5 cm³/mol. The second-order valence-electron chi connectivity index (χ2n) is 5.86. The molecule has 0 saturated heterocycles. The fourth-order valence-electron chi connectivity index (χ4n) is 2.83. The number of rotatable bonds is 6. The molecule has 1 amide bonds. The monoisotopic (exact) mass is 322 g/mol. The van der Waals surface area contributed by atoms with Crippen LogP contribution in [-0.2, 0) is 18.4 Å². The van der Waals surface area contributed by atoms with E-state index in [1.165, 1.54) is 0 Å². The summed E-state index contributed by atoms with van der Waals surface area (Å²) in [6, 6.07) is 8.17. The van der Waals surface area contributed by atoms with E-state index in [2.05, 4.69) is 31.6 Å². The molecule has 0 fully saturated rings. The topological polar surface area (TPSA) is 51.9 Å². The fourth-order valence-corrected chi connectivity index (χ4v) is 2.83. The van der Waals surface area contributed by atoms with E-state index >= 15 is 0 Å². The van der Waals surface area contributed by atoms with Crippen LogP contribution >= 0.6 is 0 Å². The van der Waals surface area contributed by atoms with Crippen LogP contribution in [0.1, 0.15) is 17.8 Å². The number of benzene rings is 1. The van der Waals surface area contributed by atoms with E-state index in [-0.39, 0.29) is 5.91 Å². The zero-order chi connectivity index (χ0) is 16.9. The van der Waals surface area contributed by atoms with Crippen LogP contribution in [0.4, 0.5) is 0 Å². The molecule has 3 aromatic rings. The van der Waals surface area contributed by atoms with Gasteiger partial charge in [-0.25, -0.2) is 4.98 Å². The Labute approximate surface area is 141 Å². The van der Waals surface area contributed by atoms with Crippen LogP contribution in [-0.4, -0.2) is 26.6 Å². The minimum Gasteiger partial charge on any atom is -0.352 e. The molecule has 0 saturated carbocycles. The maximum Gasteiger partial charge on any atom is 0.244 e. The van der Waals surface area contributed by atoms with Gasteiger partial charge >= 0.3 is 0 Å². The molecule has 2 heterocycles. The Balaban J connectivity index is 1.52. The van der Waals surface area contributed by atoms with Crippen LogP contribution in [0.3, 0.4) is 0 Å². The second kappa shape index (κ2) is 7.17.